The summed E-state index contributed by atoms with van der Waals surface area (Å²) in [6.45, 7) is 0. The molecule has 0 fully saturated rings. The average molecular weight is 137 g/mol. The number of nitrogens with zero attached hydrogens (tertiary/aromatic N) is 1. The van der Waals surface area contributed by atoms with Crippen molar-refractivity contribution < 1.29 is 5.11 Å². The van der Waals surface area contributed by atoms with Gasteiger partial charge in [0.2, 0.25) is 0 Å². The first-order chi connectivity index (χ1) is 4.84. The minimum absolute atomic E-state index is 0.176. The predicted molar refractivity (Wildman–Crippen MR) is 38.1 cm³/mol. The molecule has 0 saturated heterocycles. The van der Waals surface area contributed by atoms with E-state index in [0.29, 0.717) is 12.8 Å². The molecule has 0 aromatic carbocycles. The summed E-state index contributed by atoms with van der Waals surface area (Å²) in [7, 11) is 0. The van der Waals surface area contributed by atoms with Gasteiger partial charge in [0.25, 0.3) is 0 Å². The van der Waals surface area contributed by atoms with Crippen molar-refractivity contribution in [1.82, 2.24) is 0 Å². The fourth-order valence-electron chi connectivity index (χ4n) is 1.19. The Morgan fingerprint density at radius 2 is 2.20 bits per heavy atom. The van der Waals surface area contributed by atoms with E-state index in [4.69, 9.17) is 5.26 Å². The van der Waals surface area contributed by atoms with Gasteiger partial charge < -0.3 is 5.11 Å². The molecule has 0 heterocycles. The van der Waals surface area contributed by atoms with Crippen LogP contribution in [0.25, 0.3) is 0 Å². The average Bonchev–Trinajstić information content (AvgIpc) is 1.94. The summed E-state index contributed by atoms with van der Waals surface area (Å²) in [6, 6.07) is 2.07. The number of aliphatic hydroxyl groups is 1. The summed E-state index contributed by atoms with van der Waals surface area (Å²) in [5.74, 6) is 0.176. The summed E-state index contributed by atoms with van der Waals surface area (Å²) >= 11 is 0. The third-order valence-electron chi connectivity index (χ3n) is 1.88. The van der Waals surface area contributed by atoms with Crippen LogP contribution in [-0.4, -0.2) is 11.2 Å². The molecular weight excluding hydrogens is 126 g/mol. The maximum atomic E-state index is 9.30. The molecule has 10 heavy (non-hydrogen) atoms. The lowest BCUT2D eigenvalue weighted by molar-refractivity contribution is 0.108. The van der Waals surface area contributed by atoms with Gasteiger partial charge in [-0.2, -0.15) is 5.26 Å². The third kappa shape index (κ3) is 1.58. The minimum atomic E-state index is -0.287. The van der Waals surface area contributed by atoms with Gasteiger partial charge in [-0.05, 0) is 12.8 Å². The maximum Gasteiger partial charge on any atom is 0.0625 e. The molecule has 1 aliphatic carbocycles. The van der Waals surface area contributed by atoms with E-state index in [9.17, 15) is 5.11 Å². The highest BCUT2D eigenvalue weighted by Crippen LogP contribution is 2.21. The zero-order valence-electron chi connectivity index (χ0n) is 5.83. The minimum Gasteiger partial charge on any atom is -0.392 e. The van der Waals surface area contributed by atoms with E-state index < -0.39 is 0 Å². The van der Waals surface area contributed by atoms with Gasteiger partial charge in [0, 0.05) is 12.3 Å². The van der Waals surface area contributed by atoms with Crippen molar-refractivity contribution in [1.29, 1.82) is 5.26 Å². The second-order valence-electron chi connectivity index (χ2n) is 2.63. The molecule has 0 unspecified atom stereocenters. The Hall–Kier alpha value is -0.810. The van der Waals surface area contributed by atoms with Gasteiger partial charge in [0.05, 0.1) is 12.2 Å². The van der Waals surface area contributed by atoms with Crippen LogP contribution in [0.15, 0.2) is 12.2 Å². The Bertz CT molecular complexity index is 169. The van der Waals surface area contributed by atoms with E-state index in [0.717, 1.165) is 6.42 Å². The van der Waals surface area contributed by atoms with Crippen LogP contribution >= 0.6 is 0 Å². The lowest BCUT2D eigenvalue weighted by atomic mass is 9.89. The van der Waals surface area contributed by atoms with Crippen LogP contribution in [0.1, 0.15) is 19.3 Å². The van der Waals surface area contributed by atoms with E-state index in [1.165, 1.54) is 0 Å². The first-order valence-electron chi connectivity index (χ1n) is 3.54. The van der Waals surface area contributed by atoms with E-state index in [2.05, 4.69) is 6.07 Å². The SMILES string of the molecule is N#CC[C@H]1CC=CC[C@@H]1O. The summed E-state index contributed by atoms with van der Waals surface area (Å²) in [5.41, 5.74) is 0. The van der Waals surface area contributed by atoms with E-state index >= 15 is 0 Å². The van der Waals surface area contributed by atoms with Gasteiger partial charge in [0.15, 0.2) is 0 Å². The molecule has 0 radical (unpaired) electrons. The Morgan fingerprint density at radius 3 is 2.80 bits per heavy atom. The van der Waals surface area contributed by atoms with Gasteiger partial charge in [0.1, 0.15) is 0 Å². The number of nitriles is 1. The lowest BCUT2D eigenvalue weighted by Gasteiger charge is -2.20. The number of aliphatic hydroxyl groups excluding tert-OH is 1. The lowest BCUT2D eigenvalue weighted by Crippen LogP contribution is -2.21. The highest BCUT2D eigenvalue weighted by Gasteiger charge is 2.18. The monoisotopic (exact) mass is 137 g/mol. The van der Waals surface area contributed by atoms with Crippen molar-refractivity contribution in [3.63, 3.8) is 0 Å². The van der Waals surface area contributed by atoms with Crippen molar-refractivity contribution in [2.24, 2.45) is 5.92 Å². The predicted octanol–water partition coefficient (Wildman–Crippen LogP) is 1.23. The molecule has 1 rings (SSSR count). The molecule has 0 aromatic heterocycles. The molecule has 1 N–H and O–H groups in total. The standard InChI is InChI=1S/C8H11NO/c9-6-5-7-3-1-2-4-8(7)10/h1-2,7-8,10H,3-5H2/t7-,8+/m1/s1. The highest BCUT2D eigenvalue weighted by molar-refractivity contribution is 4.97. The smallest absolute Gasteiger partial charge is 0.0625 e. The highest BCUT2D eigenvalue weighted by atomic mass is 16.3. The van der Waals surface area contributed by atoms with Crippen LogP contribution < -0.4 is 0 Å². The fourth-order valence-corrected chi connectivity index (χ4v) is 1.19. The van der Waals surface area contributed by atoms with E-state index in [-0.39, 0.29) is 12.0 Å². The molecule has 0 spiro atoms. The van der Waals surface area contributed by atoms with Crippen LogP contribution in [0, 0.1) is 17.2 Å². The van der Waals surface area contributed by atoms with Gasteiger partial charge >= 0.3 is 0 Å². The summed E-state index contributed by atoms with van der Waals surface area (Å²) < 4.78 is 0. The first kappa shape index (κ1) is 7.30. The van der Waals surface area contributed by atoms with Crippen molar-refractivity contribution in [2.75, 3.05) is 0 Å². The van der Waals surface area contributed by atoms with Gasteiger partial charge in [-0.15, -0.1) is 0 Å². The van der Waals surface area contributed by atoms with Crippen molar-refractivity contribution in [3.8, 4) is 6.07 Å². The largest absolute Gasteiger partial charge is 0.392 e. The van der Waals surface area contributed by atoms with Gasteiger partial charge in [-0.1, -0.05) is 12.2 Å². The quantitative estimate of drug-likeness (QED) is 0.552. The third-order valence-corrected chi connectivity index (χ3v) is 1.88. The van der Waals surface area contributed by atoms with E-state index in [1.54, 1.807) is 0 Å². The Kier molecular flexibility index (Phi) is 2.47. The maximum absolute atomic E-state index is 9.30. The number of rotatable bonds is 1. The number of hydrogen-bond acceptors (Lipinski definition) is 2. The van der Waals surface area contributed by atoms with Crippen LogP contribution in [0.5, 0.6) is 0 Å². The summed E-state index contributed by atoms with van der Waals surface area (Å²) in [5, 5.41) is 17.6. The van der Waals surface area contributed by atoms with Crippen LogP contribution in [0.2, 0.25) is 0 Å². The molecule has 0 amide bonds. The molecule has 0 aliphatic heterocycles. The molecule has 2 atom stereocenters. The Morgan fingerprint density at radius 1 is 1.50 bits per heavy atom. The zero-order chi connectivity index (χ0) is 7.40. The normalized spacial score (nSPS) is 31.6. The van der Waals surface area contributed by atoms with Crippen molar-refractivity contribution >= 4 is 0 Å². The summed E-state index contributed by atoms with van der Waals surface area (Å²) in [4.78, 5) is 0. The van der Waals surface area contributed by atoms with Crippen molar-refractivity contribution in [2.45, 2.75) is 25.4 Å². The molecule has 1 aliphatic rings. The number of allylic oxidation sites excluding steroid dienone is 1. The fraction of sp³-hybridized carbons (Fsp3) is 0.625. The second kappa shape index (κ2) is 3.38. The molecule has 54 valence electrons. The Balaban J connectivity index is 2.44. The Labute approximate surface area is 60.8 Å². The first-order valence-corrected chi connectivity index (χ1v) is 3.54. The van der Waals surface area contributed by atoms with Crippen LogP contribution in [0.4, 0.5) is 0 Å². The molecule has 2 heteroatoms. The topological polar surface area (TPSA) is 44.0 Å². The second-order valence-corrected chi connectivity index (χ2v) is 2.63. The van der Waals surface area contributed by atoms with Gasteiger partial charge in [-0.25, -0.2) is 0 Å². The van der Waals surface area contributed by atoms with Crippen LogP contribution in [0.3, 0.4) is 0 Å². The number of hydrogen-bond donors (Lipinski definition) is 1. The molecule has 2 nitrogen and oxygen atoms in total. The molecule has 0 bridgehead atoms. The van der Waals surface area contributed by atoms with E-state index in [1.807, 2.05) is 12.2 Å². The zero-order valence-corrected chi connectivity index (χ0v) is 5.83. The molecule has 0 aromatic rings. The van der Waals surface area contributed by atoms with Crippen LogP contribution in [-0.2, 0) is 0 Å². The van der Waals surface area contributed by atoms with Gasteiger partial charge in [-0.3, -0.25) is 0 Å². The van der Waals surface area contributed by atoms with Crippen molar-refractivity contribution in [3.05, 3.63) is 12.2 Å². The molecular formula is C8H11NO. The summed E-state index contributed by atoms with van der Waals surface area (Å²) in [6.07, 6.45) is 5.77. The molecule has 0 saturated carbocycles.